The second kappa shape index (κ2) is 6.60. The van der Waals surface area contributed by atoms with Gasteiger partial charge in [-0.2, -0.15) is 0 Å². The Labute approximate surface area is 131 Å². The van der Waals surface area contributed by atoms with Crippen LogP contribution < -0.4 is 9.62 Å². The summed E-state index contributed by atoms with van der Waals surface area (Å²) in [4.78, 5) is 1.46. The molecule has 1 aromatic carbocycles. The molecule has 7 heteroatoms. The number of rotatable bonds is 6. The van der Waals surface area contributed by atoms with Crippen LogP contribution in [-0.4, -0.2) is 27.7 Å². The number of sulfonamides is 1. The summed E-state index contributed by atoms with van der Waals surface area (Å²) in [5.74, 6) is 0.300. The van der Waals surface area contributed by atoms with Gasteiger partial charge in [0, 0.05) is 12.1 Å². The first kappa shape index (κ1) is 16.7. The first-order chi connectivity index (χ1) is 10.3. The number of aromatic nitrogens is 1. The smallest absolute Gasteiger partial charge is 0.246 e. The highest BCUT2D eigenvalue weighted by Crippen LogP contribution is 2.18. The van der Waals surface area contributed by atoms with Gasteiger partial charge in [-0.3, -0.25) is 0 Å². The topological polar surface area (TPSA) is 76.6 Å². The lowest BCUT2D eigenvalue weighted by molar-refractivity contribution is -0.872. The molecule has 0 spiro atoms. The Kier molecular flexibility index (Phi) is 5.00. The number of hydrogen-bond acceptors (Lipinski definition) is 4. The molecule has 0 atom stereocenters. The van der Waals surface area contributed by atoms with Crippen LogP contribution in [0.1, 0.15) is 22.6 Å². The molecule has 1 aromatic heterocycles. The van der Waals surface area contributed by atoms with Crippen molar-refractivity contribution in [1.82, 2.24) is 9.88 Å². The Balaban J connectivity index is 2.06. The van der Waals surface area contributed by atoms with E-state index < -0.39 is 10.0 Å². The normalized spacial score (nSPS) is 12.0. The van der Waals surface area contributed by atoms with Gasteiger partial charge in [-0.05, 0) is 19.4 Å². The average Bonchev–Trinajstić information content (AvgIpc) is 2.77. The van der Waals surface area contributed by atoms with Gasteiger partial charge in [-0.1, -0.05) is 29.4 Å². The van der Waals surface area contributed by atoms with E-state index >= 15 is 0 Å². The summed E-state index contributed by atoms with van der Waals surface area (Å²) in [6, 6.07) is 7.92. The van der Waals surface area contributed by atoms with Gasteiger partial charge >= 0.3 is 0 Å². The van der Waals surface area contributed by atoms with Crippen molar-refractivity contribution in [2.45, 2.75) is 31.8 Å². The van der Waals surface area contributed by atoms with Crippen LogP contribution in [0.5, 0.6) is 0 Å². The molecule has 6 nitrogen and oxygen atoms in total. The molecule has 0 saturated heterocycles. The maximum absolute atomic E-state index is 12.3. The monoisotopic (exact) mass is 324 g/mol. The zero-order chi connectivity index (χ0) is 16.3. The van der Waals surface area contributed by atoms with Gasteiger partial charge in [0.2, 0.25) is 10.0 Å². The minimum absolute atomic E-state index is 0.125. The van der Waals surface area contributed by atoms with Gasteiger partial charge in [-0.15, -0.1) is 0 Å². The van der Waals surface area contributed by atoms with E-state index in [1.54, 1.807) is 13.8 Å². The lowest BCUT2D eigenvalue weighted by atomic mass is 10.1. The third kappa shape index (κ3) is 3.94. The Morgan fingerprint density at radius 3 is 2.23 bits per heavy atom. The van der Waals surface area contributed by atoms with Crippen molar-refractivity contribution >= 4 is 10.0 Å². The second-order valence-electron chi connectivity index (χ2n) is 5.68. The lowest BCUT2D eigenvalue weighted by Gasteiger charge is -2.09. The number of benzene rings is 1. The van der Waals surface area contributed by atoms with Crippen LogP contribution in [0.15, 0.2) is 33.7 Å². The Morgan fingerprint density at radius 1 is 1.14 bits per heavy atom. The van der Waals surface area contributed by atoms with Crippen molar-refractivity contribution < 1.29 is 17.8 Å². The van der Waals surface area contributed by atoms with Crippen molar-refractivity contribution in [1.29, 1.82) is 0 Å². The van der Waals surface area contributed by atoms with Crippen LogP contribution in [0.4, 0.5) is 0 Å². The summed E-state index contributed by atoms with van der Waals surface area (Å²) in [6.07, 6.45) is 0. The molecule has 0 amide bonds. The van der Waals surface area contributed by atoms with Crippen molar-refractivity contribution in [3.8, 4) is 0 Å². The highest BCUT2D eigenvalue weighted by Gasteiger charge is 2.23. The third-order valence-corrected chi connectivity index (χ3v) is 4.93. The first-order valence-electron chi connectivity index (χ1n) is 7.09. The van der Waals surface area contributed by atoms with Crippen LogP contribution in [-0.2, 0) is 23.1 Å². The number of nitrogens with one attached hydrogen (secondary N) is 2. The molecule has 0 aliphatic rings. The number of hydrogen-bond donors (Lipinski definition) is 2. The van der Waals surface area contributed by atoms with Crippen molar-refractivity contribution in [2.24, 2.45) is 0 Å². The molecule has 0 aliphatic heterocycles. The van der Waals surface area contributed by atoms with Crippen molar-refractivity contribution in [2.75, 3.05) is 14.1 Å². The molecular weight excluding hydrogens is 302 g/mol. The van der Waals surface area contributed by atoms with Gasteiger partial charge in [0.1, 0.15) is 17.1 Å². The summed E-state index contributed by atoms with van der Waals surface area (Å²) in [5, 5.41) is 3.68. The standard InChI is InChI=1S/C15H21N3O3S/c1-11-15(12(2)21-17-11)22(19,20)16-9-13-5-7-14(8-6-13)10-18(3)4/h5-8,16H,9-10H2,1-4H3/p+1. The molecule has 22 heavy (non-hydrogen) atoms. The quantitative estimate of drug-likeness (QED) is 0.807. The van der Waals surface area contributed by atoms with E-state index in [0.717, 1.165) is 12.1 Å². The molecule has 0 saturated carbocycles. The molecule has 120 valence electrons. The van der Waals surface area contributed by atoms with E-state index in [4.69, 9.17) is 4.52 Å². The van der Waals surface area contributed by atoms with Gasteiger partial charge < -0.3 is 9.42 Å². The summed E-state index contributed by atoms with van der Waals surface area (Å²) in [5.41, 5.74) is 2.50. The fraction of sp³-hybridized carbons (Fsp3) is 0.400. The Hall–Kier alpha value is -1.70. The summed E-state index contributed by atoms with van der Waals surface area (Å²) in [6.45, 7) is 4.38. The average molecular weight is 324 g/mol. The predicted octanol–water partition coefficient (Wildman–Crippen LogP) is 0.414. The molecule has 0 unspecified atom stereocenters. The van der Waals surface area contributed by atoms with E-state index in [1.165, 1.54) is 10.5 Å². The minimum atomic E-state index is -3.62. The molecular formula is C15H22N3O3S+. The minimum Gasteiger partial charge on any atom is -0.360 e. The molecule has 2 N–H and O–H groups in total. The predicted molar refractivity (Wildman–Crippen MR) is 83.0 cm³/mol. The Bertz CT molecular complexity index is 714. The fourth-order valence-electron chi connectivity index (χ4n) is 2.29. The van der Waals surface area contributed by atoms with E-state index in [0.29, 0.717) is 11.5 Å². The maximum atomic E-state index is 12.3. The number of nitrogens with zero attached hydrogens (tertiary/aromatic N) is 1. The highest BCUT2D eigenvalue weighted by molar-refractivity contribution is 7.89. The van der Waals surface area contributed by atoms with Gasteiger partial charge in [0.15, 0.2) is 5.76 Å². The van der Waals surface area contributed by atoms with Crippen LogP contribution in [0.3, 0.4) is 0 Å². The van der Waals surface area contributed by atoms with Gasteiger partial charge in [-0.25, -0.2) is 13.1 Å². The Morgan fingerprint density at radius 2 is 1.73 bits per heavy atom. The molecule has 0 aliphatic carbocycles. The van der Waals surface area contributed by atoms with Crippen LogP contribution in [0.2, 0.25) is 0 Å². The summed E-state index contributed by atoms with van der Waals surface area (Å²) < 4.78 is 32.1. The van der Waals surface area contributed by atoms with Crippen molar-refractivity contribution in [3.05, 3.63) is 46.8 Å². The zero-order valence-electron chi connectivity index (χ0n) is 13.3. The molecule has 1 heterocycles. The first-order valence-corrected chi connectivity index (χ1v) is 8.57. The molecule has 2 aromatic rings. The van der Waals surface area contributed by atoms with Crippen LogP contribution >= 0.6 is 0 Å². The van der Waals surface area contributed by atoms with E-state index in [1.807, 2.05) is 24.3 Å². The largest absolute Gasteiger partial charge is 0.360 e. The molecule has 2 rings (SSSR count). The van der Waals surface area contributed by atoms with E-state index in [-0.39, 0.29) is 11.4 Å². The number of aryl methyl sites for hydroxylation is 2. The third-order valence-electron chi connectivity index (χ3n) is 3.28. The van der Waals surface area contributed by atoms with E-state index in [9.17, 15) is 8.42 Å². The summed E-state index contributed by atoms with van der Waals surface area (Å²) >= 11 is 0. The highest BCUT2D eigenvalue weighted by atomic mass is 32.2. The molecule has 0 radical (unpaired) electrons. The van der Waals surface area contributed by atoms with Gasteiger partial charge in [0.25, 0.3) is 0 Å². The fourth-order valence-corrected chi connectivity index (χ4v) is 3.63. The van der Waals surface area contributed by atoms with Crippen LogP contribution in [0.25, 0.3) is 0 Å². The number of quaternary nitrogens is 1. The summed E-state index contributed by atoms with van der Waals surface area (Å²) in [7, 11) is 0.562. The SMILES string of the molecule is Cc1noc(C)c1S(=O)(=O)NCc1ccc(C[NH+](C)C)cc1. The lowest BCUT2D eigenvalue weighted by Crippen LogP contribution is -3.04. The van der Waals surface area contributed by atoms with Crippen LogP contribution in [0, 0.1) is 13.8 Å². The second-order valence-corrected chi connectivity index (χ2v) is 7.38. The van der Waals surface area contributed by atoms with E-state index in [2.05, 4.69) is 24.0 Å². The zero-order valence-corrected chi connectivity index (χ0v) is 14.1. The van der Waals surface area contributed by atoms with Gasteiger partial charge in [0.05, 0.1) is 14.1 Å². The maximum Gasteiger partial charge on any atom is 0.246 e. The molecule has 0 fully saturated rings. The molecule has 0 bridgehead atoms. The van der Waals surface area contributed by atoms with Crippen molar-refractivity contribution in [3.63, 3.8) is 0 Å².